The molecule has 0 amide bonds. The fraction of sp³-hybridized carbons (Fsp3) is 0.100. The number of anilines is 2. The van der Waals surface area contributed by atoms with Gasteiger partial charge >= 0.3 is 5.97 Å². The van der Waals surface area contributed by atoms with Crippen LogP contribution in [0.4, 0.5) is 10.8 Å². The normalized spacial score (nSPS) is 10.1. The number of carboxylic acid groups (broad SMARTS) is 1. The monoisotopic (exact) mass is 235 g/mol. The Kier molecular flexibility index (Phi) is 2.82. The second-order valence-electron chi connectivity index (χ2n) is 3.06. The van der Waals surface area contributed by atoms with Crippen LogP contribution in [0.25, 0.3) is 0 Å². The smallest absolute Gasteiger partial charge is 0.357 e. The van der Waals surface area contributed by atoms with Gasteiger partial charge in [0.05, 0.1) is 5.01 Å². The number of carbonyl (C=O) groups is 1. The van der Waals surface area contributed by atoms with Gasteiger partial charge in [-0.15, -0.1) is 11.3 Å². The topological polar surface area (TPSA) is 75.1 Å². The van der Waals surface area contributed by atoms with Gasteiger partial charge in [-0.25, -0.2) is 14.8 Å². The maximum Gasteiger partial charge on any atom is 0.357 e. The summed E-state index contributed by atoms with van der Waals surface area (Å²) in [7, 11) is 0. The summed E-state index contributed by atoms with van der Waals surface area (Å²) in [6, 6.07) is 5.38. The van der Waals surface area contributed by atoms with Crippen LogP contribution >= 0.6 is 11.3 Å². The van der Waals surface area contributed by atoms with E-state index in [2.05, 4.69) is 15.3 Å². The van der Waals surface area contributed by atoms with Gasteiger partial charge in [0, 0.05) is 6.20 Å². The molecule has 0 unspecified atom stereocenters. The van der Waals surface area contributed by atoms with Gasteiger partial charge in [-0.3, -0.25) is 0 Å². The number of hydrogen-bond donors (Lipinski definition) is 2. The van der Waals surface area contributed by atoms with Crippen molar-refractivity contribution in [1.29, 1.82) is 0 Å². The van der Waals surface area contributed by atoms with Gasteiger partial charge in [-0.1, -0.05) is 6.07 Å². The van der Waals surface area contributed by atoms with E-state index in [1.54, 1.807) is 25.3 Å². The molecular formula is C10H9N3O2S. The Balaban J connectivity index is 2.31. The molecule has 0 saturated heterocycles. The van der Waals surface area contributed by atoms with Gasteiger partial charge in [0.25, 0.3) is 0 Å². The third-order valence-electron chi connectivity index (χ3n) is 1.84. The molecule has 0 aromatic carbocycles. The zero-order chi connectivity index (χ0) is 11.5. The van der Waals surface area contributed by atoms with Gasteiger partial charge < -0.3 is 10.4 Å². The lowest BCUT2D eigenvalue weighted by molar-refractivity contribution is 0.0692. The predicted octanol–water partition coefficient (Wildman–Crippen LogP) is 2.29. The van der Waals surface area contributed by atoms with Crippen molar-refractivity contribution >= 4 is 28.1 Å². The SMILES string of the molecule is Cc1nc(C(=O)O)c(Nc2ccccn2)s1. The summed E-state index contributed by atoms with van der Waals surface area (Å²) in [6.07, 6.45) is 1.64. The number of carboxylic acids is 1. The van der Waals surface area contributed by atoms with Gasteiger partial charge in [0.1, 0.15) is 10.8 Å². The van der Waals surface area contributed by atoms with Crippen molar-refractivity contribution in [2.45, 2.75) is 6.92 Å². The van der Waals surface area contributed by atoms with Crippen LogP contribution in [-0.4, -0.2) is 21.0 Å². The predicted molar refractivity (Wildman–Crippen MR) is 61.3 cm³/mol. The van der Waals surface area contributed by atoms with Crippen molar-refractivity contribution in [2.75, 3.05) is 5.32 Å². The lowest BCUT2D eigenvalue weighted by Crippen LogP contribution is -2.01. The number of thiazole rings is 1. The van der Waals surface area contributed by atoms with Crippen LogP contribution < -0.4 is 5.32 Å². The molecule has 2 aromatic rings. The molecule has 0 bridgehead atoms. The fourth-order valence-electron chi connectivity index (χ4n) is 1.21. The number of aryl methyl sites for hydroxylation is 1. The third-order valence-corrected chi connectivity index (χ3v) is 2.73. The first-order valence-electron chi connectivity index (χ1n) is 4.55. The number of aromatic nitrogens is 2. The first-order valence-corrected chi connectivity index (χ1v) is 5.37. The average molecular weight is 235 g/mol. The number of hydrogen-bond acceptors (Lipinski definition) is 5. The summed E-state index contributed by atoms with van der Waals surface area (Å²) in [5, 5.41) is 13.1. The van der Waals surface area contributed by atoms with Crippen molar-refractivity contribution in [1.82, 2.24) is 9.97 Å². The molecule has 2 aromatic heterocycles. The van der Waals surface area contributed by atoms with Crippen molar-refractivity contribution < 1.29 is 9.90 Å². The van der Waals surface area contributed by atoms with E-state index in [1.165, 1.54) is 11.3 Å². The molecule has 2 N–H and O–H groups in total. The highest BCUT2D eigenvalue weighted by Crippen LogP contribution is 2.26. The molecular weight excluding hydrogens is 226 g/mol. The largest absolute Gasteiger partial charge is 0.476 e. The molecule has 0 radical (unpaired) electrons. The minimum absolute atomic E-state index is 0.0353. The van der Waals surface area contributed by atoms with Gasteiger partial charge in [-0.05, 0) is 19.1 Å². The Morgan fingerprint density at radius 2 is 2.31 bits per heavy atom. The zero-order valence-corrected chi connectivity index (χ0v) is 9.28. The summed E-state index contributed by atoms with van der Waals surface area (Å²) in [5.41, 5.74) is 0.0353. The van der Waals surface area contributed by atoms with E-state index >= 15 is 0 Å². The summed E-state index contributed by atoms with van der Waals surface area (Å²) in [6.45, 7) is 1.76. The molecule has 0 aliphatic carbocycles. The zero-order valence-electron chi connectivity index (χ0n) is 8.47. The van der Waals surface area contributed by atoms with Crippen molar-refractivity contribution in [3.8, 4) is 0 Å². The Bertz CT molecular complexity index is 510. The Morgan fingerprint density at radius 3 is 2.94 bits per heavy atom. The molecule has 0 saturated carbocycles. The summed E-state index contributed by atoms with van der Waals surface area (Å²) < 4.78 is 0. The van der Waals surface area contributed by atoms with E-state index in [-0.39, 0.29) is 5.69 Å². The Labute approximate surface area is 95.8 Å². The molecule has 0 aliphatic heterocycles. The van der Waals surface area contributed by atoms with E-state index < -0.39 is 5.97 Å². The maximum absolute atomic E-state index is 10.9. The minimum Gasteiger partial charge on any atom is -0.476 e. The van der Waals surface area contributed by atoms with Crippen LogP contribution in [0.1, 0.15) is 15.5 Å². The third kappa shape index (κ3) is 2.17. The van der Waals surface area contributed by atoms with Crippen LogP contribution in [0.3, 0.4) is 0 Å². The van der Waals surface area contributed by atoms with E-state index in [4.69, 9.17) is 5.11 Å². The number of pyridine rings is 1. The molecule has 0 fully saturated rings. The van der Waals surface area contributed by atoms with Crippen molar-refractivity contribution in [3.05, 3.63) is 35.1 Å². The minimum atomic E-state index is -1.04. The molecule has 5 nitrogen and oxygen atoms in total. The lowest BCUT2D eigenvalue weighted by Gasteiger charge is -2.01. The quantitative estimate of drug-likeness (QED) is 0.853. The van der Waals surface area contributed by atoms with E-state index in [9.17, 15) is 4.79 Å². The molecule has 0 atom stereocenters. The number of nitrogens with zero attached hydrogens (tertiary/aromatic N) is 2. The molecule has 6 heteroatoms. The molecule has 0 spiro atoms. The van der Waals surface area contributed by atoms with Gasteiger partial charge in [-0.2, -0.15) is 0 Å². The molecule has 0 aliphatic rings. The van der Waals surface area contributed by atoms with E-state index in [0.29, 0.717) is 15.8 Å². The Morgan fingerprint density at radius 1 is 1.50 bits per heavy atom. The highest BCUT2D eigenvalue weighted by molar-refractivity contribution is 7.16. The number of nitrogens with one attached hydrogen (secondary N) is 1. The van der Waals surface area contributed by atoms with Crippen LogP contribution in [0, 0.1) is 6.92 Å². The average Bonchev–Trinajstić information content (AvgIpc) is 2.61. The first-order chi connectivity index (χ1) is 7.66. The van der Waals surface area contributed by atoms with Crippen LogP contribution in [0.5, 0.6) is 0 Å². The van der Waals surface area contributed by atoms with Crippen molar-refractivity contribution in [3.63, 3.8) is 0 Å². The highest BCUT2D eigenvalue weighted by Gasteiger charge is 2.15. The maximum atomic E-state index is 10.9. The number of aromatic carboxylic acids is 1. The fourth-order valence-corrected chi connectivity index (χ4v) is 2.03. The molecule has 16 heavy (non-hydrogen) atoms. The summed E-state index contributed by atoms with van der Waals surface area (Å²) in [4.78, 5) is 18.9. The van der Waals surface area contributed by atoms with Crippen molar-refractivity contribution in [2.24, 2.45) is 0 Å². The lowest BCUT2D eigenvalue weighted by atomic mass is 10.4. The first kappa shape index (κ1) is 10.6. The second-order valence-corrected chi connectivity index (χ2v) is 4.26. The molecule has 2 rings (SSSR count). The highest BCUT2D eigenvalue weighted by atomic mass is 32.1. The second kappa shape index (κ2) is 4.28. The van der Waals surface area contributed by atoms with Crippen LogP contribution in [-0.2, 0) is 0 Å². The van der Waals surface area contributed by atoms with E-state index in [0.717, 1.165) is 0 Å². The van der Waals surface area contributed by atoms with E-state index in [1.807, 2.05) is 6.07 Å². The molecule has 2 heterocycles. The van der Waals surface area contributed by atoms with Crippen LogP contribution in [0.15, 0.2) is 24.4 Å². The van der Waals surface area contributed by atoms with Crippen LogP contribution in [0.2, 0.25) is 0 Å². The number of rotatable bonds is 3. The Hall–Kier alpha value is -1.95. The summed E-state index contributed by atoms with van der Waals surface area (Å²) in [5.74, 6) is -0.434. The molecule has 82 valence electrons. The van der Waals surface area contributed by atoms with Gasteiger partial charge in [0.15, 0.2) is 5.69 Å². The standard InChI is InChI=1S/C10H9N3O2S/c1-6-12-8(10(14)15)9(16-6)13-7-4-2-3-5-11-7/h2-5H,1H3,(H,11,13)(H,14,15). The van der Waals surface area contributed by atoms with Gasteiger partial charge in [0.2, 0.25) is 0 Å². The summed E-state index contributed by atoms with van der Waals surface area (Å²) >= 11 is 1.29.